The van der Waals surface area contributed by atoms with E-state index in [1.807, 2.05) is 0 Å². The van der Waals surface area contributed by atoms with E-state index in [0.717, 1.165) is 0 Å². The molecule has 0 saturated carbocycles. The van der Waals surface area contributed by atoms with Gasteiger partial charge in [-0.1, -0.05) is 0 Å². The Labute approximate surface area is 86.3 Å². The SMILES string of the molecule is CC(=O)NC1O[C@H](CO)[C@@H](O)[C@H](O)[C@H]1O. The zero-order chi connectivity index (χ0) is 11.6. The summed E-state index contributed by atoms with van der Waals surface area (Å²) in [5.41, 5.74) is 0. The summed E-state index contributed by atoms with van der Waals surface area (Å²) in [5.74, 6) is -0.445. The molecule has 0 radical (unpaired) electrons. The summed E-state index contributed by atoms with van der Waals surface area (Å²) in [6.45, 7) is 0.711. The fourth-order valence-electron chi connectivity index (χ4n) is 1.42. The minimum atomic E-state index is -1.47. The van der Waals surface area contributed by atoms with Crippen molar-refractivity contribution < 1.29 is 30.0 Å². The van der Waals surface area contributed by atoms with Gasteiger partial charge in [0.1, 0.15) is 24.4 Å². The number of rotatable bonds is 2. The number of carbonyl (C=O) groups is 1. The molecule has 5 N–H and O–H groups in total. The van der Waals surface area contributed by atoms with Crippen LogP contribution in [0.3, 0.4) is 0 Å². The third-order valence-corrected chi connectivity index (χ3v) is 2.24. The summed E-state index contributed by atoms with van der Waals surface area (Å²) in [5, 5.41) is 39.3. The second kappa shape index (κ2) is 4.86. The lowest BCUT2D eigenvalue weighted by Crippen LogP contribution is -2.63. The number of aliphatic hydroxyl groups is 4. The van der Waals surface area contributed by atoms with Gasteiger partial charge in [-0.2, -0.15) is 0 Å². The van der Waals surface area contributed by atoms with Crippen LogP contribution in [0.5, 0.6) is 0 Å². The smallest absolute Gasteiger partial charge is 0.218 e. The third-order valence-electron chi connectivity index (χ3n) is 2.24. The number of aliphatic hydroxyl groups excluding tert-OH is 4. The Morgan fingerprint density at radius 2 is 1.87 bits per heavy atom. The van der Waals surface area contributed by atoms with Crippen molar-refractivity contribution in [3.8, 4) is 0 Å². The quantitative estimate of drug-likeness (QED) is 0.337. The third kappa shape index (κ3) is 2.64. The molecule has 0 aromatic heterocycles. The Morgan fingerprint density at radius 3 is 2.33 bits per heavy atom. The lowest BCUT2D eigenvalue weighted by molar-refractivity contribution is -0.235. The first-order valence-corrected chi connectivity index (χ1v) is 4.55. The van der Waals surface area contributed by atoms with E-state index in [4.69, 9.17) is 9.84 Å². The number of nitrogens with one attached hydrogen (secondary N) is 1. The molecule has 1 fully saturated rings. The largest absolute Gasteiger partial charge is 0.394 e. The minimum Gasteiger partial charge on any atom is -0.394 e. The van der Waals surface area contributed by atoms with Gasteiger partial charge in [0, 0.05) is 6.92 Å². The summed E-state index contributed by atoms with van der Waals surface area (Å²) in [4.78, 5) is 10.7. The number of amides is 1. The zero-order valence-corrected chi connectivity index (χ0v) is 8.20. The van der Waals surface area contributed by atoms with Crippen molar-refractivity contribution in [3.63, 3.8) is 0 Å². The molecule has 0 aliphatic carbocycles. The van der Waals surface area contributed by atoms with Crippen LogP contribution < -0.4 is 5.32 Å². The van der Waals surface area contributed by atoms with E-state index in [1.54, 1.807) is 0 Å². The van der Waals surface area contributed by atoms with Crippen LogP contribution in [0.1, 0.15) is 6.92 Å². The maximum absolute atomic E-state index is 10.7. The van der Waals surface area contributed by atoms with Gasteiger partial charge in [0.15, 0.2) is 6.23 Å². The van der Waals surface area contributed by atoms with Crippen LogP contribution in [-0.2, 0) is 9.53 Å². The molecule has 1 amide bonds. The van der Waals surface area contributed by atoms with E-state index >= 15 is 0 Å². The Morgan fingerprint density at radius 1 is 1.27 bits per heavy atom. The van der Waals surface area contributed by atoms with Gasteiger partial charge in [0.25, 0.3) is 0 Å². The van der Waals surface area contributed by atoms with Gasteiger partial charge < -0.3 is 30.5 Å². The van der Waals surface area contributed by atoms with E-state index in [0.29, 0.717) is 0 Å². The van der Waals surface area contributed by atoms with Crippen molar-refractivity contribution in [3.05, 3.63) is 0 Å². The van der Waals surface area contributed by atoms with Gasteiger partial charge in [-0.05, 0) is 0 Å². The summed E-state index contributed by atoms with van der Waals surface area (Å²) in [6, 6.07) is 0. The number of hydrogen-bond donors (Lipinski definition) is 5. The van der Waals surface area contributed by atoms with Gasteiger partial charge in [0.05, 0.1) is 6.61 Å². The normalized spacial score (nSPS) is 41.3. The molecular weight excluding hydrogens is 206 g/mol. The first-order chi connectivity index (χ1) is 6.97. The van der Waals surface area contributed by atoms with E-state index in [2.05, 4.69) is 5.32 Å². The molecular formula is C8H15NO6. The van der Waals surface area contributed by atoms with Crippen LogP contribution in [0.25, 0.3) is 0 Å². The van der Waals surface area contributed by atoms with Crippen LogP contribution in [0, 0.1) is 0 Å². The predicted molar refractivity (Wildman–Crippen MR) is 47.6 cm³/mol. The van der Waals surface area contributed by atoms with Crippen molar-refractivity contribution in [1.29, 1.82) is 0 Å². The fourth-order valence-corrected chi connectivity index (χ4v) is 1.42. The molecule has 1 unspecified atom stereocenters. The molecule has 0 aromatic carbocycles. The summed E-state index contributed by atoms with van der Waals surface area (Å²) >= 11 is 0. The monoisotopic (exact) mass is 221 g/mol. The Kier molecular flexibility index (Phi) is 4.00. The van der Waals surface area contributed by atoms with Gasteiger partial charge >= 0.3 is 0 Å². The van der Waals surface area contributed by atoms with Crippen molar-refractivity contribution in [2.45, 2.75) is 37.6 Å². The molecule has 1 rings (SSSR count). The molecule has 0 spiro atoms. The van der Waals surface area contributed by atoms with Crippen LogP contribution >= 0.6 is 0 Å². The van der Waals surface area contributed by atoms with E-state index in [9.17, 15) is 20.1 Å². The summed E-state index contributed by atoms with van der Waals surface area (Å²) < 4.78 is 5.00. The highest BCUT2D eigenvalue weighted by molar-refractivity contribution is 5.73. The maximum atomic E-state index is 10.7. The van der Waals surface area contributed by atoms with Gasteiger partial charge in [-0.15, -0.1) is 0 Å². The van der Waals surface area contributed by atoms with E-state index < -0.39 is 43.2 Å². The number of ether oxygens (including phenoxy) is 1. The van der Waals surface area contributed by atoms with Crippen molar-refractivity contribution in [2.24, 2.45) is 0 Å². The van der Waals surface area contributed by atoms with Gasteiger partial charge in [-0.3, -0.25) is 4.79 Å². The molecule has 5 atom stereocenters. The highest BCUT2D eigenvalue weighted by Crippen LogP contribution is 2.19. The second-order valence-electron chi connectivity index (χ2n) is 3.45. The first-order valence-electron chi connectivity index (χ1n) is 4.55. The number of carbonyl (C=O) groups excluding carboxylic acids is 1. The highest BCUT2D eigenvalue weighted by atomic mass is 16.6. The standard InChI is InChI=1S/C8H15NO6/c1-3(11)9-8-7(14)6(13)5(12)4(2-10)15-8/h4-8,10,12-14H,2H2,1H3,(H,9,11)/t4-,5-,6+,7-,8?/m1/s1. The lowest BCUT2D eigenvalue weighted by atomic mass is 9.98. The van der Waals surface area contributed by atoms with E-state index in [1.165, 1.54) is 6.92 Å². The Bertz CT molecular complexity index is 233. The van der Waals surface area contributed by atoms with Crippen LogP contribution in [0.4, 0.5) is 0 Å². The molecule has 1 aliphatic heterocycles. The molecule has 0 bridgehead atoms. The summed E-state index contributed by atoms with van der Waals surface area (Å²) in [6.07, 6.45) is -6.42. The fraction of sp³-hybridized carbons (Fsp3) is 0.875. The van der Waals surface area contributed by atoms with Gasteiger partial charge in [-0.25, -0.2) is 0 Å². The van der Waals surface area contributed by atoms with Gasteiger partial charge in [0.2, 0.25) is 5.91 Å². The number of hydrogen-bond acceptors (Lipinski definition) is 6. The average Bonchev–Trinajstić information content (AvgIpc) is 2.18. The average molecular weight is 221 g/mol. The van der Waals surface area contributed by atoms with Crippen molar-refractivity contribution in [2.75, 3.05) is 6.61 Å². The topological polar surface area (TPSA) is 119 Å². The lowest BCUT2D eigenvalue weighted by Gasteiger charge is -2.39. The minimum absolute atomic E-state index is 0.445. The van der Waals surface area contributed by atoms with Crippen LogP contribution in [0.2, 0.25) is 0 Å². The Balaban J connectivity index is 2.69. The van der Waals surface area contributed by atoms with Crippen molar-refractivity contribution in [1.82, 2.24) is 5.32 Å². The predicted octanol–water partition coefficient (Wildman–Crippen LogP) is -3.08. The van der Waals surface area contributed by atoms with Crippen LogP contribution in [0.15, 0.2) is 0 Å². The first kappa shape index (κ1) is 12.3. The highest BCUT2D eigenvalue weighted by Gasteiger charge is 2.43. The molecule has 15 heavy (non-hydrogen) atoms. The molecule has 1 saturated heterocycles. The molecule has 1 aliphatic rings. The maximum Gasteiger partial charge on any atom is 0.218 e. The summed E-state index contributed by atoms with van der Waals surface area (Å²) in [7, 11) is 0. The molecule has 1 heterocycles. The van der Waals surface area contributed by atoms with Crippen molar-refractivity contribution >= 4 is 5.91 Å². The Hall–Kier alpha value is -0.730. The molecule has 7 heteroatoms. The second-order valence-corrected chi connectivity index (χ2v) is 3.45. The molecule has 88 valence electrons. The molecule has 7 nitrogen and oxygen atoms in total. The van der Waals surface area contributed by atoms with Crippen LogP contribution in [-0.4, -0.2) is 63.6 Å². The molecule has 0 aromatic rings. The van der Waals surface area contributed by atoms with E-state index in [-0.39, 0.29) is 0 Å². The zero-order valence-electron chi connectivity index (χ0n) is 8.20.